The average Bonchev–Trinajstić information content (AvgIpc) is 3.11. The summed E-state index contributed by atoms with van der Waals surface area (Å²) < 4.78 is 56.5. The van der Waals surface area contributed by atoms with Crippen molar-refractivity contribution in [2.24, 2.45) is 5.10 Å². The van der Waals surface area contributed by atoms with Crippen LogP contribution >= 0.6 is 0 Å². The molecule has 0 saturated heterocycles. The normalized spacial score (nSPS) is 11.7. The van der Waals surface area contributed by atoms with Crippen molar-refractivity contribution in [3.8, 4) is 11.3 Å². The van der Waals surface area contributed by atoms with E-state index in [0.717, 1.165) is 12.1 Å². The highest BCUT2D eigenvalue weighted by Crippen LogP contribution is 2.29. The largest absolute Gasteiger partial charge is 0.455 e. The molecule has 0 atom stereocenters. The number of hydrogen-bond acceptors (Lipinski definition) is 3. The zero-order chi connectivity index (χ0) is 20.1. The Morgan fingerprint density at radius 1 is 1.07 bits per heavy atom. The van der Waals surface area contributed by atoms with Gasteiger partial charge in [-0.1, -0.05) is 18.2 Å². The van der Waals surface area contributed by atoms with Gasteiger partial charge in [0, 0.05) is 5.56 Å². The Bertz CT molecular complexity index is 992. The molecule has 144 valence electrons. The zero-order valence-corrected chi connectivity index (χ0v) is 14.3. The topological polar surface area (TPSA) is 54.6 Å². The van der Waals surface area contributed by atoms with Crippen molar-refractivity contribution in [3.63, 3.8) is 0 Å². The molecular weight excluding hydrogens is 376 g/mol. The molecule has 0 bridgehead atoms. The van der Waals surface area contributed by atoms with Gasteiger partial charge in [0.05, 0.1) is 18.2 Å². The number of carbonyl (C=O) groups is 1. The molecule has 0 aliphatic rings. The maximum Gasteiger partial charge on any atom is 0.416 e. The highest BCUT2D eigenvalue weighted by molar-refractivity contribution is 5.82. The van der Waals surface area contributed by atoms with Gasteiger partial charge in [-0.15, -0.1) is 0 Å². The molecule has 1 aromatic heterocycles. The molecule has 1 N–H and O–H groups in total. The van der Waals surface area contributed by atoms with Gasteiger partial charge in [-0.25, -0.2) is 9.82 Å². The first-order chi connectivity index (χ1) is 13.3. The molecule has 0 saturated carbocycles. The summed E-state index contributed by atoms with van der Waals surface area (Å²) in [5.74, 6) is -0.0862. The van der Waals surface area contributed by atoms with Gasteiger partial charge < -0.3 is 4.42 Å². The van der Waals surface area contributed by atoms with Crippen molar-refractivity contribution in [3.05, 3.63) is 83.4 Å². The number of amides is 1. The molecule has 0 fully saturated rings. The van der Waals surface area contributed by atoms with Gasteiger partial charge in [0.1, 0.15) is 17.3 Å². The second-order valence-electron chi connectivity index (χ2n) is 5.88. The van der Waals surface area contributed by atoms with E-state index in [1.54, 1.807) is 24.3 Å². The lowest BCUT2D eigenvalue weighted by Gasteiger charge is -2.08. The van der Waals surface area contributed by atoms with Crippen LogP contribution in [0.2, 0.25) is 0 Å². The molecule has 2 aromatic carbocycles. The van der Waals surface area contributed by atoms with Crippen LogP contribution in [-0.2, 0) is 17.4 Å². The van der Waals surface area contributed by atoms with Gasteiger partial charge in [-0.3, -0.25) is 4.79 Å². The minimum absolute atomic E-state index is 0.221. The third-order valence-electron chi connectivity index (χ3n) is 3.76. The van der Waals surface area contributed by atoms with Gasteiger partial charge in [-0.05, 0) is 48.0 Å². The fraction of sp³-hybridized carbons (Fsp3) is 0.100. The van der Waals surface area contributed by atoms with E-state index < -0.39 is 17.6 Å². The van der Waals surface area contributed by atoms with Crippen LogP contribution in [0.1, 0.15) is 16.9 Å². The van der Waals surface area contributed by atoms with Crippen molar-refractivity contribution >= 4 is 12.1 Å². The zero-order valence-electron chi connectivity index (χ0n) is 14.3. The Balaban J connectivity index is 1.58. The summed E-state index contributed by atoms with van der Waals surface area (Å²) in [6, 6.07) is 13.5. The molecule has 28 heavy (non-hydrogen) atoms. The lowest BCUT2D eigenvalue weighted by atomic mass is 10.1. The van der Waals surface area contributed by atoms with E-state index in [9.17, 15) is 22.4 Å². The van der Waals surface area contributed by atoms with Crippen LogP contribution in [0, 0.1) is 5.82 Å². The number of halogens is 4. The molecule has 0 aliphatic carbocycles. The van der Waals surface area contributed by atoms with E-state index in [2.05, 4.69) is 10.5 Å². The first-order valence-corrected chi connectivity index (χ1v) is 8.15. The molecular formula is C20H14F4N2O2. The van der Waals surface area contributed by atoms with Crippen molar-refractivity contribution in [1.82, 2.24) is 5.43 Å². The molecule has 0 spiro atoms. The number of hydrogen-bond donors (Lipinski definition) is 1. The Hall–Kier alpha value is -3.42. The highest BCUT2D eigenvalue weighted by Gasteiger charge is 2.30. The summed E-state index contributed by atoms with van der Waals surface area (Å²) in [5, 5.41) is 3.73. The maximum absolute atomic E-state index is 12.9. The summed E-state index contributed by atoms with van der Waals surface area (Å²) in [6.45, 7) is 0. The monoisotopic (exact) mass is 390 g/mol. The second kappa shape index (κ2) is 8.08. The van der Waals surface area contributed by atoms with Crippen LogP contribution in [0.3, 0.4) is 0 Å². The number of nitrogens with zero attached hydrogens (tertiary/aromatic N) is 1. The predicted molar refractivity (Wildman–Crippen MR) is 95.0 cm³/mol. The van der Waals surface area contributed by atoms with Crippen molar-refractivity contribution in [2.45, 2.75) is 12.6 Å². The molecule has 4 nitrogen and oxygen atoms in total. The van der Waals surface area contributed by atoms with E-state index >= 15 is 0 Å². The fourth-order valence-electron chi connectivity index (χ4n) is 2.44. The summed E-state index contributed by atoms with van der Waals surface area (Å²) in [4.78, 5) is 11.9. The van der Waals surface area contributed by atoms with Crippen molar-refractivity contribution in [2.75, 3.05) is 0 Å². The second-order valence-corrected chi connectivity index (χ2v) is 5.88. The molecule has 1 amide bonds. The van der Waals surface area contributed by atoms with Gasteiger partial charge in [0.25, 0.3) is 0 Å². The standard InChI is InChI=1S/C20H14F4N2O2/c21-16-6-4-14(5-7-16)18-9-8-17(28-18)12-25-26-19(27)11-13-2-1-3-15(10-13)20(22,23)24/h1-10,12H,11H2,(H,26,27). The van der Waals surface area contributed by atoms with Crippen LogP contribution in [0.25, 0.3) is 11.3 Å². The Labute approximate surface area is 157 Å². The van der Waals surface area contributed by atoms with Gasteiger partial charge >= 0.3 is 6.18 Å². The quantitative estimate of drug-likeness (QED) is 0.387. The van der Waals surface area contributed by atoms with Gasteiger partial charge in [0.2, 0.25) is 5.91 Å². The van der Waals surface area contributed by atoms with Crippen LogP contribution < -0.4 is 5.43 Å². The minimum atomic E-state index is -4.47. The first kappa shape index (κ1) is 19.3. The Kier molecular flexibility index (Phi) is 5.58. The number of furan rings is 1. The highest BCUT2D eigenvalue weighted by atomic mass is 19.4. The molecule has 3 aromatic rings. The van der Waals surface area contributed by atoms with E-state index in [-0.39, 0.29) is 17.8 Å². The third kappa shape index (κ3) is 5.06. The number of benzene rings is 2. The van der Waals surface area contributed by atoms with Crippen molar-refractivity contribution < 1.29 is 26.8 Å². The molecule has 0 unspecified atom stereocenters. The number of hydrazone groups is 1. The van der Waals surface area contributed by atoms with Crippen LogP contribution in [0.4, 0.5) is 17.6 Å². The number of carbonyl (C=O) groups excluding carboxylic acids is 1. The molecule has 0 radical (unpaired) electrons. The summed E-state index contributed by atoms with van der Waals surface area (Å²) >= 11 is 0. The van der Waals surface area contributed by atoms with Crippen LogP contribution in [-0.4, -0.2) is 12.1 Å². The lowest BCUT2D eigenvalue weighted by molar-refractivity contribution is -0.137. The minimum Gasteiger partial charge on any atom is -0.455 e. The molecule has 0 aliphatic heterocycles. The summed E-state index contributed by atoms with van der Waals surface area (Å²) in [6.07, 6.45) is -3.45. The maximum atomic E-state index is 12.9. The van der Waals surface area contributed by atoms with Crippen LogP contribution in [0.5, 0.6) is 0 Å². The molecule has 8 heteroatoms. The van der Waals surface area contributed by atoms with Crippen LogP contribution in [0.15, 0.2) is 70.2 Å². The smallest absolute Gasteiger partial charge is 0.416 e. The number of alkyl halides is 3. The Morgan fingerprint density at radius 3 is 2.54 bits per heavy atom. The third-order valence-corrected chi connectivity index (χ3v) is 3.76. The van der Waals surface area contributed by atoms with E-state index in [1.807, 2.05) is 0 Å². The SMILES string of the molecule is O=C(Cc1cccc(C(F)(F)F)c1)NN=Cc1ccc(-c2ccc(F)cc2)o1. The van der Waals surface area contributed by atoms with Gasteiger partial charge in [-0.2, -0.15) is 18.3 Å². The number of rotatable bonds is 5. The predicted octanol–water partition coefficient (Wildman–Crippen LogP) is 4.80. The van der Waals surface area contributed by atoms with Crippen molar-refractivity contribution in [1.29, 1.82) is 0 Å². The van der Waals surface area contributed by atoms with E-state index in [1.165, 1.54) is 30.5 Å². The first-order valence-electron chi connectivity index (χ1n) is 8.15. The van der Waals surface area contributed by atoms with Gasteiger partial charge in [0.15, 0.2) is 0 Å². The van der Waals surface area contributed by atoms with E-state index in [0.29, 0.717) is 17.1 Å². The fourth-order valence-corrected chi connectivity index (χ4v) is 2.44. The summed E-state index contributed by atoms with van der Waals surface area (Å²) in [7, 11) is 0. The molecule has 3 rings (SSSR count). The summed E-state index contributed by atoms with van der Waals surface area (Å²) in [5.41, 5.74) is 2.32. The Morgan fingerprint density at radius 2 is 1.82 bits per heavy atom. The average molecular weight is 390 g/mol. The lowest BCUT2D eigenvalue weighted by Crippen LogP contribution is -2.20. The number of nitrogens with one attached hydrogen (secondary N) is 1. The van der Waals surface area contributed by atoms with E-state index in [4.69, 9.17) is 4.42 Å². The molecule has 1 heterocycles.